The Hall–Kier alpha value is -3.16. The lowest BCUT2D eigenvalue weighted by Gasteiger charge is -2.49. The predicted molar refractivity (Wildman–Crippen MR) is 132 cm³/mol. The van der Waals surface area contributed by atoms with Crippen molar-refractivity contribution in [2.75, 3.05) is 44.4 Å². The number of hydrogen-bond donors (Lipinski definition) is 2. The minimum absolute atomic E-state index is 0.278. The van der Waals surface area contributed by atoms with Crippen LogP contribution in [0.4, 0.5) is 5.69 Å². The van der Waals surface area contributed by atoms with Crippen molar-refractivity contribution in [1.82, 2.24) is 9.88 Å². The van der Waals surface area contributed by atoms with Gasteiger partial charge in [-0.1, -0.05) is 18.2 Å². The molecule has 1 saturated heterocycles. The van der Waals surface area contributed by atoms with Gasteiger partial charge in [-0.3, -0.25) is 4.90 Å². The van der Waals surface area contributed by atoms with Crippen LogP contribution in [0.3, 0.4) is 0 Å². The van der Waals surface area contributed by atoms with E-state index >= 15 is 0 Å². The van der Waals surface area contributed by atoms with Crippen LogP contribution in [0.1, 0.15) is 12.8 Å². The third-order valence-electron chi connectivity index (χ3n) is 7.08. The molecule has 3 atom stereocenters. The van der Waals surface area contributed by atoms with Gasteiger partial charge in [0.1, 0.15) is 31.7 Å². The Labute approximate surface area is 199 Å². The number of anilines is 1. The minimum Gasteiger partial charge on any atom is -0.490 e. The standard InChI is InChI=1S/C27H31N3O4/c31-22(18-34-25-7-3-6-24-23(25)10-11-28-24)17-29-15-21-5-2-1-4-20(29)16-30(21)19-8-9-26-27(14-19)33-13-12-32-26/h1-3,6-11,14,20-22,28,31H,4-5,12-13,15-18H2/b2-1-. The summed E-state index contributed by atoms with van der Waals surface area (Å²) in [4.78, 5) is 8.14. The van der Waals surface area contributed by atoms with E-state index in [1.807, 2.05) is 36.5 Å². The van der Waals surface area contributed by atoms with Crippen molar-refractivity contribution in [2.45, 2.75) is 31.0 Å². The Morgan fingerprint density at radius 3 is 2.76 bits per heavy atom. The lowest BCUT2D eigenvalue weighted by Crippen LogP contribution is -2.60. The second kappa shape index (κ2) is 9.24. The molecule has 1 fully saturated rings. The molecule has 4 aliphatic rings. The Morgan fingerprint density at radius 2 is 1.85 bits per heavy atom. The van der Waals surface area contributed by atoms with E-state index in [0.29, 0.717) is 31.8 Å². The van der Waals surface area contributed by atoms with Crippen molar-refractivity contribution in [3.05, 3.63) is 60.8 Å². The molecule has 0 radical (unpaired) electrons. The normalized spacial score (nSPS) is 24.0. The minimum atomic E-state index is -0.554. The largest absolute Gasteiger partial charge is 0.490 e. The van der Waals surface area contributed by atoms with E-state index in [9.17, 15) is 5.11 Å². The summed E-state index contributed by atoms with van der Waals surface area (Å²) in [5, 5.41) is 11.9. The van der Waals surface area contributed by atoms with Gasteiger partial charge in [-0.15, -0.1) is 0 Å². The highest BCUT2D eigenvalue weighted by atomic mass is 16.6. The number of ether oxygens (including phenoxy) is 3. The summed E-state index contributed by atoms with van der Waals surface area (Å²) >= 11 is 0. The molecule has 1 aromatic heterocycles. The number of piperazine rings is 1. The number of nitrogens with one attached hydrogen (secondary N) is 1. The first-order valence-electron chi connectivity index (χ1n) is 12.2. The monoisotopic (exact) mass is 461 g/mol. The van der Waals surface area contributed by atoms with Crippen LogP contribution in [0.5, 0.6) is 17.2 Å². The van der Waals surface area contributed by atoms with Crippen LogP contribution >= 0.6 is 0 Å². The van der Waals surface area contributed by atoms with Crippen molar-refractivity contribution in [3.8, 4) is 17.2 Å². The number of H-pyrrole nitrogens is 1. The highest BCUT2D eigenvalue weighted by Gasteiger charge is 2.35. The summed E-state index contributed by atoms with van der Waals surface area (Å²) in [6.07, 6.45) is 7.91. The number of nitrogens with zero attached hydrogens (tertiary/aromatic N) is 2. The zero-order valence-electron chi connectivity index (χ0n) is 19.2. The second-order valence-electron chi connectivity index (χ2n) is 9.34. The van der Waals surface area contributed by atoms with Crippen LogP contribution in [0.2, 0.25) is 0 Å². The van der Waals surface area contributed by atoms with Gasteiger partial charge in [0, 0.05) is 60.6 Å². The van der Waals surface area contributed by atoms with Crippen LogP contribution in [-0.4, -0.2) is 72.6 Å². The van der Waals surface area contributed by atoms with E-state index in [2.05, 4.69) is 39.1 Å². The fourth-order valence-corrected chi connectivity index (χ4v) is 5.38. The Kier molecular flexibility index (Phi) is 5.81. The maximum absolute atomic E-state index is 10.9. The number of aliphatic hydroxyl groups excluding tert-OH is 1. The molecular formula is C27H31N3O4. The van der Waals surface area contributed by atoms with E-state index in [0.717, 1.165) is 54.1 Å². The van der Waals surface area contributed by atoms with Crippen molar-refractivity contribution in [3.63, 3.8) is 0 Å². The molecular weight excluding hydrogens is 430 g/mol. The van der Waals surface area contributed by atoms with Gasteiger partial charge in [0.25, 0.3) is 0 Å². The predicted octanol–water partition coefficient (Wildman–Crippen LogP) is 3.59. The fourth-order valence-electron chi connectivity index (χ4n) is 5.38. The van der Waals surface area contributed by atoms with E-state index in [4.69, 9.17) is 14.2 Å². The first kappa shape index (κ1) is 21.4. The van der Waals surface area contributed by atoms with Crippen molar-refractivity contribution in [1.29, 1.82) is 0 Å². The van der Waals surface area contributed by atoms with Gasteiger partial charge in [-0.2, -0.15) is 0 Å². The van der Waals surface area contributed by atoms with Crippen LogP contribution in [0.25, 0.3) is 10.9 Å². The number of benzene rings is 2. The first-order valence-corrected chi connectivity index (χ1v) is 12.2. The van der Waals surface area contributed by atoms with Gasteiger partial charge in [0.2, 0.25) is 0 Å². The van der Waals surface area contributed by atoms with Crippen LogP contribution in [-0.2, 0) is 0 Å². The average Bonchev–Trinajstić information content (AvgIpc) is 3.33. The Bertz CT molecular complexity index is 1180. The molecule has 4 aliphatic heterocycles. The lowest BCUT2D eigenvalue weighted by atomic mass is 9.96. The number of hydrogen-bond acceptors (Lipinski definition) is 6. The smallest absolute Gasteiger partial charge is 0.163 e. The number of aliphatic hydroxyl groups is 1. The Morgan fingerprint density at radius 1 is 1.00 bits per heavy atom. The molecule has 2 aromatic carbocycles. The zero-order valence-corrected chi connectivity index (χ0v) is 19.2. The van der Waals surface area contributed by atoms with Gasteiger partial charge in [0.05, 0.1) is 0 Å². The SMILES string of the molecule is OC(COc1cccc2[nH]ccc12)CN1CC2C/C=C\CC1CN2c1ccc2c(c1)OCCO2. The first-order chi connectivity index (χ1) is 16.7. The number of aromatic amines is 1. The molecule has 3 aromatic rings. The second-order valence-corrected chi connectivity index (χ2v) is 9.34. The molecule has 34 heavy (non-hydrogen) atoms. The summed E-state index contributed by atoms with van der Waals surface area (Å²) in [7, 11) is 0. The highest BCUT2D eigenvalue weighted by Crippen LogP contribution is 2.37. The number of aromatic nitrogens is 1. The van der Waals surface area contributed by atoms with Gasteiger partial charge in [0.15, 0.2) is 11.5 Å². The third-order valence-corrected chi connectivity index (χ3v) is 7.08. The van der Waals surface area contributed by atoms with E-state index < -0.39 is 6.10 Å². The molecule has 0 saturated carbocycles. The van der Waals surface area contributed by atoms with Gasteiger partial charge in [-0.25, -0.2) is 0 Å². The molecule has 7 nitrogen and oxygen atoms in total. The molecule has 2 N–H and O–H groups in total. The van der Waals surface area contributed by atoms with Crippen molar-refractivity contribution < 1.29 is 19.3 Å². The molecule has 0 aliphatic carbocycles. The zero-order chi connectivity index (χ0) is 22.9. The summed E-state index contributed by atoms with van der Waals surface area (Å²) < 4.78 is 17.5. The average molecular weight is 462 g/mol. The quantitative estimate of drug-likeness (QED) is 0.547. The molecule has 7 rings (SSSR count). The van der Waals surface area contributed by atoms with E-state index in [1.165, 1.54) is 5.69 Å². The summed E-state index contributed by atoms with van der Waals surface area (Å²) in [5.41, 5.74) is 2.22. The summed E-state index contributed by atoms with van der Waals surface area (Å²) in [5.74, 6) is 2.46. The molecule has 178 valence electrons. The molecule has 7 heteroatoms. The van der Waals surface area contributed by atoms with Crippen LogP contribution in [0, 0.1) is 0 Å². The summed E-state index contributed by atoms with van der Waals surface area (Å²) in [6.45, 7) is 3.91. The molecule has 3 unspecified atom stereocenters. The number of rotatable bonds is 6. The maximum atomic E-state index is 10.9. The Balaban J connectivity index is 1.13. The van der Waals surface area contributed by atoms with Crippen molar-refractivity contribution in [2.24, 2.45) is 0 Å². The topological polar surface area (TPSA) is 70.2 Å². The lowest BCUT2D eigenvalue weighted by molar-refractivity contribution is 0.0408. The fraction of sp³-hybridized carbons (Fsp3) is 0.407. The van der Waals surface area contributed by atoms with Gasteiger partial charge >= 0.3 is 0 Å². The van der Waals surface area contributed by atoms with Crippen LogP contribution < -0.4 is 19.1 Å². The molecule has 5 heterocycles. The summed E-state index contributed by atoms with van der Waals surface area (Å²) in [6, 6.07) is 14.9. The molecule has 2 bridgehead atoms. The van der Waals surface area contributed by atoms with E-state index in [-0.39, 0.29) is 6.61 Å². The third kappa shape index (κ3) is 4.21. The molecule has 0 spiro atoms. The van der Waals surface area contributed by atoms with Gasteiger partial charge in [-0.05, 0) is 43.2 Å². The van der Waals surface area contributed by atoms with Gasteiger partial charge < -0.3 is 29.2 Å². The maximum Gasteiger partial charge on any atom is 0.163 e. The van der Waals surface area contributed by atoms with Crippen molar-refractivity contribution >= 4 is 16.6 Å². The van der Waals surface area contributed by atoms with Crippen LogP contribution in [0.15, 0.2) is 60.8 Å². The highest BCUT2D eigenvalue weighted by molar-refractivity contribution is 5.85. The van der Waals surface area contributed by atoms with E-state index in [1.54, 1.807) is 0 Å². The number of fused-ring (bicyclic) bond motifs is 6. The molecule has 0 amide bonds.